The van der Waals surface area contributed by atoms with E-state index in [4.69, 9.17) is 14.5 Å². The van der Waals surface area contributed by atoms with E-state index in [1.807, 2.05) is 0 Å². The highest BCUT2D eigenvalue weighted by Crippen LogP contribution is 2.29. The third kappa shape index (κ3) is 5.55. The minimum atomic E-state index is -0.223. The van der Waals surface area contributed by atoms with Crippen LogP contribution in [-0.4, -0.2) is 35.7 Å². The summed E-state index contributed by atoms with van der Waals surface area (Å²) in [5.74, 6) is 1.64. The molecule has 3 aromatic carbocycles. The second kappa shape index (κ2) is 11.3. The summed E-state index contributed by atoms with van der Waals surface area (Å²) < 4.78 is 12.5. The van der Waals surface area contributed by atoms with Crippen molar-refractivity contribution in [1.29, 1.82) is 0 Å². The average molecular weight is 530 g/mol. The third-order valence-electron chi connectivity index (χ3n) is 6.87. The molecule has 1 heterocycles. The molecule has 1 aromatic heterocycles. The summed E-state index contributed by atoms with van der Waals surface area (Å²) in [5.41, 5.74) is 3.67. The highest BCUT2D eigenvalue weighted by molar-refractivity contribution is 7.98. The number of benzene rings is 3. The zero-order valence-electron chi connectivity index (χ0n) is 21.8. The van der Waals surface area contributed by atoms with Gasteiger partial charge in [-0.15, -0.1) is 0 Å². The van der Waals surface area contributed by atoms with Crippen LogP contribution in [0.2, 0.25) is 0 Å². The fourth-order valence-corrected chi connectivity index (χ4v) is 5.69. The van der Waals surface area contributed by atoms with Crippen LogP contribution in [0.4, 0.5) is 0 Å². The Morgan fingerprint density at radius 1 is 1.00 bits per heavy atom. The Hall–Kier alpha value is -3.78. The Balaban J connectivity index is 1.59. The van der Waals surface area contributed by atoms with Crippen molar-refractivity contribution in [1.82, 2.24) is 14.9 Å². The molecular weight excluding hydrogens is 498 g/mol. The number of hydrogen-bond donors (Lipinski definition) is 1. The second-order valence-corrected chi connectivity index (χ2v) is 10.5. The van der Waals surface area contributed by atoms with E-state index in [-0.39, 0.29) is 17.5 Å². The van der Waals surface area contributed by atoms with Crippen molar-refractivity contribution >= 4 is 28.6 Å². The summed E-state index contributed by atoms with van der Waals surface area (Å²) in [7, 11) is 3.15. The fourth-order valence-electron chi connectivity index (χ4n) is 4.72. The molecule has 0 aliphatic heterocycles. The lowest BCUT2D eigenvalue weighted by atomic mass is 10.1. The van der Waals surface area contributed by atoms with Crippen molar-refractivity contribution in [3.63, 3.8) is 0 Å². The van der Waals surface area contributed by atoms with E-state index in [1.54, 1.807) is 55.2 Å². The van der Waals surface area contributed by atoms with Crippen LogP contribution in [0.5, 0.6) is 11.5 Å². The van der Waals surface area contributed by atoms with Gasteiger partial charge in [0.25, 0.3) is 11.5 Å². The summed E-state index contributed by atoms with van der Waals surface area (Å²) in [6.07, 6.45) is 4.29. The van der Waals surface area contributed by atoms with Crippen LogP contribution < -0.4 is 20.3 Å². The number of rotatable bonds is 8. The molecule has 196 valence electrons. The quantitative estimate of drug-likeness (QED) is 0.234. The first kappa shape index (κ1) is 25.9. The van der Waals surface area contributed by atoms with E-state index in [2.05, 4.69) is 36.5 Å². The lowest BCUT2D eigenvalue weighted by molar-refractivity contribution is 0.0938. The molecule has 1 N–H and O–H groups in total. The van der Waals surface area contributed by atoms with Gasteiger partial charge in [-0.2, -0.15) is 0 Å². The van der Waals surface area contributed by atoms with Crippen LogP contribution in [0.1, 0.15) is 47.2 Å². The zero-order valence-corrected chi connectivity index (χ0v) is 22.6. The predicted molar refractivity (Wildman–Crippen MR) is 151 cm³/mol. The predicted octanol–water partition coefficient (Wildman–Crippen LogP) is 5.68. The van der Waals surface area contributed by atoms with Crippen molar-refractivity contribution in [3.8, 4) is 17.2 Å². The summed E-state index contributed by atoms with van der Waals surface area (Å²) in [6, 6.07) is 18.9. The highest BCUT2D eigenvalue weighted by atomic mass is 32.2. The van der Waals surface area contributed by atoms with Gasteiger partial charge in [-0.3, -0.25) is 14.2 Å². The number of hydrogen-bond acceptors (Lipinski definition) is 6. The molecule has 0 radical (unpaired) electrons. The Morgan fingerprint density at radius 2 is 1.68 bits per heavy atom. The van der Waals surface area contributed by atoms with Crippen molar-refractivity contribution in [2.24, 2.45) is 0 Å². The first-order chi connectivity index (χ1) is 18.4. The maximum absolute atomic E-state index is 13.9. The SMILES string of the molecule is COc1cc(OC)cc(-n2c(SCc3ccc(C)cc3)nc3cc(C(=O)NC4CCCC4)ccc3c2=O)c1. The molecule has 0 bridgehead atoms. The van der Waals surface area contributed by atoms with Crippen LogP contribution in [0.3, 0.4) is 0 Å². The van der Waals surface area contributed by atoms with Gasteiger partial charge < -0.3 is 14.8 Å². The molecule has 1 fully saturated rings. The van der Waals surface area contributed by atoms with Crippen LogP contribution in [0, 0.1) is 6.92 Å². The van der Waals surface area contributed by atoms with Gasteiger partial charge in [0, 0.05) is 35.6 Å². The van der Waals surface area contributed by atoms with Gasteiger partial charge in [0.05, 0.1) is 30.8 Å². The zero-order chi connectivity index (χ0) is 26.6. The molecule has 1 saturated carbocycles. The number of carbonyl (C=O) groups is 1. The van der Waals surface area contributed by atoms with Gasteiger partial charge in [-0.05, 0) is 43.5 Å². The minimum absolute atomic E-state index is 0.129. The Morgan fingerprint density at radius 3 is 2.34 bits per heavy atom. The number of thioether (sulfide) groups is 1. The molecule has 8 heteroatoms. The molecule has 4 aromatic rings. The number of amides is 1. The van der Waals surface area contributed by atoms with Crippen LogP contribution in [0.25, 0.3) is 16.6 Å². The topological polar surface area (TPSA) is 82.4 Å². The largest absolute Gasteiger partial charge is 0.497 e. The number of carbonyl (C=O) groups excluding carboxylic acids is 1. The molecule has 5 rings (SSSR count). The molecule has 7 nitrogen and oxygen atoms in total. The highest BCUT2D eigenvalue weighted by Gasteiger charge is 2.20. The van der Waals surface area contributed by atoms with E-state index in [9.17, 15) is 9.59 Å². The number of nitrogens with one attached hydrogen (secondary N) is 1. The first-order valence-corrected chi connectivity index (χ1v) is 13.7. The van der Waals surface area contributed by atoms with Gasteiger partial charge in [0.15, 0.2) is 5.16 Å². The molecule has 1 amide bonds. The van der Waals surface area contributed by atoms with Crippen molar-refractivity contribution in [2.75, 3.05) is 14.2 Å². The number of aryl methyl sites for hydroxylation is 1. The van der Waals surface area contributed by atoms with Crippen LogP contribution in [0.15, 0.2) is 70.6 Å². The second-order valence-electron chi connectivity index (χ2n) is 9.57. The van der Waals surface area contributed by atoms with E-state index in [0.29, 0.717) is 44.6 Å². The maximum Gasteiger partial charge on any atom is 0.266 e. The number of fused-ring (bicyclic) bond motifs is 1. The molecule has 1 aliphatic carbocycles. The van der Waals surface area contributed by atoms with Gasteiger partial charge in [0.2, 0.25) is 0 Å². The molecule has 0 atom stereocenters. The molecule has 0 saturated heterocycles. The van der Waals surface area contributed by atoms with E-state index in [0.717, 1.165) is 31.2 Å². The van der Waals surface area contributed by atoms with Gasteiger partial charge in [0.1, 0.15) is 11.5 Å². The standard InChI is InChI=1S/C30H31N3O4S/c1-19-8-10-20(11-9-19)18-38-30-32-27-14-21(28(34)31-22-6-4-5-7-22)12-13-26(27)29(35)33(30)23-15-24(36-2)17-25(16-23)37-3/h8-17,22H,4-7,18H2,1-3H3,(H,31,34). The number of ether oxygens (including phenoxy) is 2. The van der Waals surface area contributed by atoms with Crippen molar-refractivity contribution in [3.05, 3.63) is 87.7 Å². The van der Waals surface area contributed by atoms with E-state index in [1.165, 1.54) is 17.3 Å². The lowest BCUT2D eigenvalue weighted by Gasteiger charge is -2.16. The Bertz CT molecular complexity index is 1500. The minimum Gasteiger partial charge on any atom is -0.497 e. The third-order valence-corrected chi connectivity index (χ3v) is 7.88. The summed E-state index contributed by atoms with van der Waals surface area (Å²) >= 11 is 1.47. The summed E-state index contributed by atoms with van der Waals surface area (Å²) in [6.45, 7) is 2.05. The van der Waals surface area contributed by atoms with Crippen LogP contribution in [-0.2, 0) is 5.75 Å². The number of nitrogens with zero attached hydrogens (tertiary/aromatic N) is 2. The number of methoxy groups -OCH3 is 2. The molecular formula is C30H31N3O4S. The molecule has 38 heavy (non-hydrogen) atoms. The van der Waals surface area contributed by atoms with Gasteiger partial charge >= 0.3 is 0 Å². The number of aromatic nitrogens is 2. The summed E-state index contributed by atoms with van der Waals surface area (Å²) in [4.78, 5) is 31.7. The molecule has 0 spiro atoms. The first-order valence-electron chi connectivity index (χ1n) is 12.7. The molecule has 1 aliphatic rings. The van der Waals surface area contributed by atoms with Gasteiger partial charge in [-0.1, -0.05) is 54.4 Å². The van der Waals surface area contributed by atoms with Gasteiger partial charge in [-0.25, -0.2) is 4.98 Å². The monoisotopic (exact) mass is 529 g/mol. The van der Waals surface area contributed by atoms with Crippen LogP contribution >= 0.6 is 11.8 Å². The smallest absolute Gasteiger partial charge is 0.266 e. The Labute approximate surface area is 226 Å². The summed E-state index contributed by atoms with van der Waals surface area (Å²) in [5, 5.41) is 4.07. The van der Waals surface area contributed by atoms with Crippen molar-refractivity contribution in [2.45, 2.75) is 49.6 Å². The van der Waals surface area contributed by atoms with Crippen molar-refractivity contribution < 1.29 is 14.3 Å². The molecule has 0 unspecified atom stereocenters. The van der Waals surface area contributed by atoms with E-state index >= 15 is 0 Å². The lowest BCUT2D eigenvalue weighted by Crippen LogP contribution is -2.32. The normalized spacial score (nSPS) is 13.6. The maximum atomic E-state index is 13.9. The fraction of sp³-hybridized carbons (Fsp3) is 0.300. The van der Waals surface area contributed by atoms with E-state index < -0.39 is 0 Å². The Kier molecular flexibility index (Phi) is 7.69. The average Bonchev–Trinajstić information content (AvgIpc) is 3.45.